The van der Waals surface area contributed by atoms with Crippen LogP contribution in [0, 0.1) is 6.92 Å². The van der Waals surface area contributed by atoms with Crippen LogP contribution in [0.2, 0.25) is 0 Å². The highest BCUT2D eigenvalue weighted by molar-refractivity contribution is 7.98. The molecule has 0 unspecified atom stereocenters. The summed E-state index contributed by atoms with van der Waals surface area (Å²) in [6.07, 6.45) is 0. The summed E-state index contributed by atoms with van der Waals surface area (Å²) in [6.45, 7) is 4.67. The summed E-state index contributed by atoms with van der Waals surface area (Å²) in [5.74, 6) is 0.906. The van der Waals surface area contributed by atoms with E-state index in [2.05, 4.69) is 36.5 Å². The average molecular weight is 285 g/mol. The summed E-state index contributed by atoms with van der Waals surface area (Å²) in [5.41, 5.74) is 3.22. The maximum Gasteiger partial charge on any atom is 0.251 e. The maximum absolute atomic E-state index is 11.7. The van der Waals surface area contributed by atoms with E-state index in [0.29, 0.717) is 6.54 Å². The van der Waals surface area contributed by atoms with Gasteiger partial charge in [0.2, 0.25) is 0 Å². The number of amides is 1. The zero-order chi connectivity index (χ0) is 14.4. The number of hydrogen-bond donors (Lipinski definition) is 1. The van der Waals surface area contributed by atoms with Crippen LogP contribution in [0.1, 0.15) is 28.4 Å². The van der Waals surface area contributed by atoms with Crippen LogP contribution in [0.25, 0.3) is 0 Å². The van der Waals surface area contributed by atoms with Crippen LogP contribution in [0.5, 0.6) is 0 Å². The summed E-state index contributed by atoms with van der Waals surface area (Å²) in [5, 5.41) is 2.80. The molecule has 1 amide bonds. The quantitative estimate of drug-likeness (QED) is 0.840. The van der Waals surface area contributed by atoms with Crippen LogP contribution in [0.4, 0.5) is 0 Å². The molecule has 0 saturated carbocycles. The van der Waals surface area contributed by atoms with Crippen molar-refractivity contribution >= 4 is 17.7 Å². The highest BCUT2D eigenvalue weighted by Gasteiger charge is 2.03. The first-order chi connectivity index (χ1) is 9.69. The average Bonchev–Trinajstić information content (AvgIpc) is 2.47. The fraction of sp³-hybridized carbons (Fsp3) is 0.235. The van der Waals surface area contributed by atoms with Gasteiger partial charge in [-0.3, -0.25) is 4.79 Å². The van der Waals surface area contributed by atoms with Gasteiger partial charge in [0.1, 0.15) is 0 Å². The second kappa shape index (κ2) is 7.15. The van der Waals surface area contributed by atoms with Crippen molar-refractivity contribution in [1.29, 1.82) is 0 Å². The molecule has 3 heteroatoms. The van der Waals surface area contributed by atoms with Crippen LogP contribution in [0.3, 0.4) is 0 Å². The van der Waals surface area contributed by atoms with E-state index in [4.69, 9.17) is 0 Å². The maximum atomic E-state index is 11.7. The normalized spacial score (nSPS) is 10.3. The number of rotatable bonds is 5. The van der Waals surface area contributed by atoms with E-state index in [0.717, 1.165) is 11.3 Å². The van der Waals surface area contributed by atoms with Crippen LogP contribution in [0.15, 0.2) is 53.4 Å². The van der Waals surface area contributed by atoms with Crippen molar-refractivity contribution in [3.63, 3.8) is 0 Å². The Hall–Kier alpha value is -1.74. The summed E-state index contributed by atoms with van der Waals surface area (Å²) in [7, 11) is 0. The van der Waals surface area contributed by atoms with Crippen molar-refractivity contribution < 1.29 is 4.79 Å². The highest BCUT2D eigenvalue weighted by atomic mass is 32.2. The molecule has 1 N–H and O–H groups in total. The van der Waals surface area contributed by atoms with Crippen molar-refractivity contribution in [3.05, 3.63) is 65.2 Å². The molecule has 0 heterocycles. The third kappa shape index (κ3) is 4.14. The first kappa shape index (κ1) is 14.7. The van der Waals surface area contributed by atoms with Gasteiger partial charge in [-0.1, -0.05) is 29.8 Å². The molecule has 0 atom stereocenters. The molecule has 20 heavy (non-hydrogen) atoms. The third-order valence-electron chi connectivity index (χ3n) is 2.98. The van der Waals surface area contributed by atoms with Gasteiger partial charge in [-0.25, -0.2) is 0 Å². The van der Waals surface area contributed by atoms with Crippen molar-refractivity contribution in [2.45, 2.75) is 24.5 Å². The Morgan fingerprint density at radius 3 is 2.30 bits per heavy atom. The van der Waals surface area contributed by atoms with Gasteiger partial charge in [0.15, 0.2) is 0 Å². The highest BCUT2D eigenvalue weighted by Crippen LogP contribution is 2.23. The fourth-order valence-corrected chi connectivity index (χ4v) is 2.67. The monoisotopic (exact) mass is 285 g/mol. The van der Waals surface area contributed by atoms with Crippen molar-refractivity contribution in [2.75, 3.05) is 6.54 Å². The molecule has 2 aromatic rings. The first-order valence-electron chi connectivity index (χ1n) is 6.75. The predicted octanol–water partition coefficient (Wildman–Crippen LogP) is 4.04. The number of carbonyl (C=O) groups is 1. The Morgan fingerprint density at radius 1 is 1.05 bits per heavy atom. The lowest BCUT2D eigenvalue weighted by molar-refractivity contribution is 0.0956. The topological polar surface area (TPSA) is 29.1 Å². The van der Waals surface area contributed by atoms with Gasteiger partial charge in [-0.2, -0.15) is 0 Å². The molecule has 0 aliphatic rings. The van der Waals surface area contributed by atoms with Gasteiger partial charge >= 0.3 is 0 Å². The first-order valence-corrected chi connectivity index (χ1v) is 7.74. The van der Waals surface area contributed by atoms with Gasteiger partial charge < -0.3 is 5.32 Å². The molecule has 0 aliphatic carbocycles. The fourth-order valence-electron chi connectivity index (χ4n) is 1.82. The van der Waals surface area contributed by atoms with Crippen molar-refractivity contribution in [1.82, 2.24) is 5.32 Å². The molecule has 0 radical (unpaired) electrons. The molecular weight excluding hydrogens is 266 g/mol. The van der Waals surface area contributed by atoms with E-state index < -0.39 is 0 Å². The van der Waals surface area contributed by atoms with E-state index in [1.807, 2.05) is 31.2 Å². The molecule has 2 nitrogen and oxygen atoms in total. The molecule has 2 aromatic carbocycles. The van der Waals surface area contributed by atoms with Crippen LogP contribution < -0.4 is 5.32 Å². The Labute approximate surface area is 124 Å². The van der Waals surface area contributed by atoms with Crippen LogP contribution in [-0.4, -0.2) is 12.5 Å². The van der Waals surface area contributed by atoms with Crippen molar-refractivity contribution in [3.8, 4) is 0 Å². The molecule has 0 bridgehead atoms. The molecular formula is C17H19NOS. The Morgan fingerprint density at radius 2 is 1.70 bits per heavy atom. The second-order valence-electron chi connectivity index (χ2n) is 4.66. The van der Waals surface area contributed by atoms with Crippen LogP contribution in [-0.2, 0) is 5.75 Å². The predicted molar refractivity (Wildman–Crippen MR) is 85.2 cm³/mol. The second-order valence-corrected chi connectivity index (χ2v) is 5.71. The zero-order valence-electron chi connectivity index (χ0n) is 11.8. The lowest BCUT2D eigenvalue weighted by Crippen LogP contribution is -2.22. The third-order valence-corrected chi connectivity index (χ3v) is 4.06. The summed E-state index contributed by atoms with van der Waals surface area (Å²) in [6, 6.07) is 16.3. The Kier molecular flexibility index (Phi) is 5.24. The summed E-state index contributed by atoms with van der Waals surface area (Å²) in [4.78, 5) is 12.9. The van der Waals surface area contributed by atoms with E-state index >= 15 is 0 Å². The number of hydrogen-bond acceptors (Lipinski definition) is 2. The molecule has 0 saturated heterocycles. The van der Waals surface area contributed by atoms with Gasteiger partial charge in [-0.05, 0) is 43.7 Å². The van der Waals surface area contributed by atoms with Crippen LogP contribution >= 0.6 is 11.8 Å². The molecule has 0 spiro atoms. The summed E-state index contributed by atoms with van der Waals surface area (Å²) >= 11 is 1.81. The van der Waals surface area contributed by atoms with Gasteiger partial charge in [0, 0.05) is 22.8 Å². The number of benzene rings is 2. The smallest absolute Gasteiger partial charge is 0.251 e. The minimum absolute atomic E-state index is 0.00904. The number of carbonyl (C=O) groups excluding carboxylic acids is 1. The summed E-state index contributed by atoms with van der Waals surface area (Å²) < 4.78 is 0. The molecule has 104 valence electrons. The molecule has 2 rings (SSSR count). The lowest BCUT2D eigenvalue weighted by Gasteiger charge is -2.05. The zero-order valence-corrected chi connectivity index (χ0v) is 12.7. The van der Waals surface area contributed by atoms with Gasteiger partial charge in [0.25, 0.3) is 5.91 Å². The van der Waals surface area contributed by atoms with E-state index in [-0.39, 0.29) is 5.91 Å². The largest absolute Gasteiger partial charge is 0.352 e. The lowest BCUT2D eigenvalue weighted by atomic mass is 10.1. The number of nitrogens with one attached hydrogen (secondary N) is 1. The van der Waals surface area contributed by atoms with Crippen molar-refractivity contribution in [2.24, 2.45) is 0 Å². The standard InChI is InChI=1S/C17H19NOS/c1-3-18-17(19)15-8-6-14(7-9-15)12-20-16-10-4-13(2)5-11-16/h4-11H,3,12H2,1-2H3,(H,18,19). The van der Waals surface area contributed by atoms with E-state index in [9.17, 15) is 4.79 Å². The SMILES string of the molecule is CCNC(=O)c1ccc(CSc2ccc(C)cc2)cc1. The Balaban J connectivity index is 1.93. The number of thioether (sulfide) groups is 1. The molecule has 0 aromatic heterocycles. The molecule has 0 fully saturated rings. The van der Waals surface area contributed by atoms with E-state index in [1.165, 1.54) is 16.0 Å². The minimum Gasteiger partial charge on any atom is -0.352 e. The van der Waals surface area contributed by atoms with Gasteiger partial charge in [-0.15, -0.1) is 11.8 Å². The van der Waals surface area contributed by atoms with E-state index in [1.54, 1.807) is 11.8 Å². The van der Waals surface area contributed by atoms with Gasteiger partial charge in [0.05, 0.1) is 0 Å². The number of aryl methyl sites for hydroxylation is 1. The minimum atomic E-state index is -0.00904. The Bertz CT molecular complexity index is 561. The molecule has 0 aliphatic heterocycles.